The Bertz CT molecular complexity index is 712. The highest BCUT2D eigenvalue weighted by Crippen LogP contribution is 2.26. The van der Waals surface area contributed by atoms with Crippen molar-refractivity contribution in [2.24, 2.45) is 5.14 Å². The third kappa shape index (κ3) is 3.49. The minimum Gasteiger partial charge on any atom is -0.457 e. The Balaban J connectivity index is 2.29. The van der Waals surface area contributed by atoms with E-state index in [1.807, 2.05) is 37.2 Å². The van der Waals surface area contributed by atoms with Crippen LogP contribution in [0.3, 0.4) is 0 Å². The molecule has 0 amide bonds. The van der Waals surface area contributed by atoms with Gasteiger partial charge in [0.1, 0.15) is 11.5 Å². The fraction of sp³-hybridized carbons (Fsp3) is 0.143. The first-order valence-corrected chi connectivity index (χ1v) is 7.49. The Kier molecular flexibility index (Phi) is 3.96. The summed E-state index contributed by atoms with van der Waals surface area (Å²) < 4.78 is 28.3. The van der Waals surface area contributed by atoms with Crippen molar-refractivity contribution in [3.63, 3.8) is 0 Å². The van der Waals surface area contributed by atoms with Crippen LogP contribution < -0.4 is 14.8 Å². The summed E-state index contributed by atoms with van der Waals surface area (Å²) in [7, 11) is 0.135. The van der Waals surface area contributed by atoms with Gasteiger partial charge in [0.2, 0.25) is 10.0 Å². The quantitative estimate of drug-likeness (QED) is 0.937. The van der Waals surface area contributed by atoms with E-state index in [1.165, 1.54) is 12.1 Å². The molecule has 0 fully saturated rings. The zero-order valence-corrected chi connectivity index (χ0v) is 12.1. The van der Waals surface area contributed by atoms with Gasteiger partial charge in [0.15, 0.2) is 0 Å². The van der Waals surface area contributed by atoms with E-state index in [-0.39, 0.29) is 4.90 Å². The lowest BCUT2D eigenvalue weighted by Gasteiger charge is -2.14. The molecule has 2 N–H and O–H groups in total. The summed E-state index contributed by atoms with van der Waals surface area (Å²) >= 11 is 0. The van der Waals surface area contributed by atoms with Gasteiger partial charge in [-0.15, -0.1) is 0 Å². The third-order valence-corrected chi connectivity index (χ3v) is 3.61. The third-order valence-electron chi connectivity index (χ3n) is 2.70. The smallest absolute Gasteiger partial charge is 0.238 e. The molecule has 0 saturated heterocycles. The second-order valence-electron chi connectivity index (χ2n) is 4.51. The standard InChI is InChI=1S/C14H16N2O3S/c1-16(2)11-5-3-6-12(9-11)19-13-7-4-8-14(10-13)20(15,17)18/h3-10H,1-2H3,(H2,15,17,18). The van der Waals surface area contributed by atoms with Crippen LogP contribution in [0.15, 0.2) is 53.4 Å². The van der Waals surface area contributed by atoms with E-state index >= 15 is 0 Å². The highest BCUT2D eigenvalue weighted by atomic mass is 32.2. The second-order valence-corrected chi connectivity index (χ2v) is 6.08. The second kappa shape index (κ2) is 5.52. The van der Waals surface area contributed by atoms with Crippen LogP contribution in [0.2, 0.25) is 0 Å². The number of ether oxygens (including phenoxy) is 1. The SMILES string of the molecule is CN(C)c1cccc(Oc2cccc(S(N)(=O)=O)c2)c1. The minimum absolute atomic E-state index is 0.0266. The molecule has 0 aromatic heterocycles. The molecule has 0 radical (unpaired) electrons. The maximum atomic E-state index is 11.3. The van der Waals surface area contributed by atoms with Crippen LogP contribution in [0.1, 0.15) is 0 Å². The lowest BCUT2D eigenvalue weighted by molar-refractivity contribution is 0.481. The Morgan fingerprint density at radius 3 is 2.20 bits per heavy atom. The molecule has 20 heavy (non-hydrogen) atoms. The summed E-state index contributed by atoms with van der Waals surface area (Å²) in [5.74, 6) is 1.05. The fourth-order valence-corrected chi connectivity index (χ4v) is 2.22. The highest BCUT2D eigenvalue weighted by Gasteiger charge is 2.09. The number of benzene rings is 2. The van der Waals surface area contributed by atoms with E-state index in [4.69, 9.17) is 9.88 Å². The first-order chi connectivity index (χ1) is 9.36. The summed E-state index contributed by atoms with van der Waals surface area (Å²) in [6.07, 6.45) is 0. The van der Waals surface area contributed by atoms with Crippen LogP contribution >= 0.6 is 0 Å². The Morgan fingerprint density at radius 1 is 1.00 bits per heavy atom. The molecule has 0 atom stereocenters. The van der Waals surface area contributed by atoms with Crippen LogP contribution in [0.25, 0.3) is 0 Å². The molecule has 5 nitrogen and oxygen atoms in total. The molecule has 0 spiro atoms. The number of anilines is 1. The van der Waals surface area contributed by atoms with Gasteiger partial charge >= 0.3 is 0 Å². The van der Waals surface area contributed by atoms with E-state index in [2.05, 4.69) is 0 Å². The van der Waals surface area contributed by atoms with Gasteiger partial charge in [0.05, 0.1) is 4.90 Å². The molecular weight excluding hydrogens is 276 g/mol. The zero-order chi connectivity index (χ0) is 14.8. The number of primary sulfonamides is 1. The molecular formula is C14H16N2O3S. The maximum Gasteiger partial charge on any atom is 0.238 e. The predicted molar refractivity (Wildman–Crippen MR) is 78.7 cm³/mol. The van der Waals surface area contributed by atoms with Crippen molar-refractivity contribution in [3.8, 4) is 11.5 Å². The molecule has 0 heterocycles. The van der Waals surface area contributed by atoms with E-state index in [0.717, 1.165) is 5.69 Å². The van der Waals surface area contributed by atoms with Gasteiger partial charge in [-0.05, 0) is 24.3 Å². The maximum absolute atomic E-state index is 11.3. The molecule has 0 aliphatic carbocycles. The first kappa shape index (κ1) is 14.4. The first-order valence-electron chi connectivity index (χ1n) is 5.94. The van der Waals surface area contributed by atoms with Crippen LogP contribution in [0, 0.1) is 0 Å². The van der Waals surface area contributed by atoms with Crippen molar-refractivity contribution in [2.45, 2.75) is 4.90 Å². The molecule has 2 rings (SSSR count). The molecule has 2 aromatic rings. The van der Waals surface area contributed by atoms with E-state index in [0.29, 0.717) is 11.5 Å². The van der Waals surface area contributed by atoms with E-state index < -0.39 is 10.0 Å². The van der Waals surface area contributed by atoms with Gasteiger partial charge in [-0.3, -0.25) is 0 Å². The van der Waals surface area contributed by atoms with Gasteiger partial charge in [-0.25, -0.2) is 13.6 Å². The number of nitrogens with two attached hydrogens (primary N) is 1. The molecule has 6 heteroatoms. The molecule has 0 bridgehead atoms. The number of hydrogen-bond donors (Lipinski definition) is 1. The normalized spacial score (nSPS) is 11.2. The summed E-state index contributed by atoms with van der Waals surface area (Å²) in [5.41, 5.74) is 0.991. The zero-order valence-electron chi connectivity index (χ0n) is 11.3. The van der Waals surface area contributed by atoms with Crippen molar-refractivity contribution in [1.29, 1.82) is 0 Å². The van der Waals surface area contributed by atoms with Crippen LogP contribution in [-0.2, 0) is 10.0 Å². The van der Waals surface area contributed by atoms with Gasteiger partial charge in [0.25, 0.3) is 0 Å². The minimum atomic E-state index is -3.73. The lowest BCUT2D eigenvalue weighted by Crippen LogP contribution is -2.11. The van der Waals surface area contributed by atoms with Gasteiger partial charge in [-0.2, -0.15) is 0 Å². The van der Waals surface area contributed by atoms with E-state index in [1.54, 1.807) is 18.2 Å². The molecule has 0 unspecified atom stereocenters. The van der Waals surface area contributed by atoms with Crippen molar-refractivity contribution < 1.29 is 13.2 Å². The molecule has 106 valence electrons. The average Bonchev–Trinajstić information content (AvgIpc) is 2.38. The summed E-state index contributed by atoms with van der Waals surface area (Å²) in [6, 6.07) is 13.6. The fourth-order valence-electron chi connectivity index (χ4n) is 1.68. The van der Waals surface area contributed by atoms with Crippen molar-refractivity contribution >= 4 is 15.7 Å². The van der Waals surface area contributed by atoms with Gasteiger partial charge in [-0.1, -0.05) is 12.1 Å². The summed E-state index contributed by atoms with van der Waals surface area (Å²) in [6.45, 7) is 0. The summed E-state index contributed by atoms with van der Waals surface area (Å²) in [5, 5.41) is 5.09. The average molecular weight is 292 g/mol. The van der Waals surface area contributed by atoms with Crippen molar-refractivity contribution in [3.05, 3.63) is 48.5 Å². The van der Waals surface area contributed by atoms with Crippen LogP contribution in [0.5, 0.6) is 11.5 Å². The lowest BCUT2D eigenvalue weighted by atomic mass is 10.3. The highest BCUT2D eigenvalue weighted by molar-refractivity contribution is 7.89. The van der Waals surface area contributed by atoms with Crippen LogP contribution in [0.4, 0.5) is 5.69 Å². The monoisotopic (exact) mass is 292 g/mol. The topological polar surface area (TPSA) is 72.6 Å². The Morgan fingerprint density at radius 2 is 1.60 bits per heavy atom. The number of hydrogen-bond acceptors (Lipinski definition) is 4. The van der Waals surface area contributed by atoms with E-state index in [9.17, 15) is 8.42 Å². The van der Waals surface area contributed by atoms with Crippen molar-refractivity contribution in [2.75, 3.05) is 19.0 Å². The Hall–Kier alpha value is -2.05. The number of rotatable bonds is 4. The van der Waals surface area contributed by atoms with Crippen LogP contribution in [-0.4, -0.2) is 22.5 Å². The van der Waals surface area contributed by atoms with Gasteiger partial charge < -0.3 is 9.64 Å². The Labute approximate surface area is 118 Å². The van der Waals surface area contributed by atoms with Crippen molar-refractivity contribution in [1.82, 2.24) is 0 Å². The number of nitrogens with zero attached hydrogens (tertiary/aromatic N) is 1. The van der Waals surface area contributed by atoms with Gasteiger partial charge in [0, 0.05) is 31.9 Å². The summed E-state index contributed by atoms with van der Waals surface area (Å²) in [4.78, 5) is 1.98. The molecule has 0 saturated carbocycles. The largest absolute Gasteiger partial charge is 0.457 e. The molecule has 0 aliphatic heterocycles. The number of sulfonamides is 1. The molecule has 0 aliphatic rings. The predicted octanol–water partition coefficient (Wildman–Crippen LogP) is 2.19. The molecule has 2 aromatic carbocycles.